The van der Waals surface area contributed by atoms with Crippen molar-refractivity contribution in [3.63, 3.8) is 0 Å². The molecule has 0 aliphatic rings. The summed E-state index contributed by atoms with van der Waals surface area (Å²) in [5.74, 6) is 0. The third-order valence-corrected chi connectivity index (χ3v) is 6.50. The van der Waals surface area contributed by atoms with Gasteiger partial charge in [0.05, 0.1) is 19.6 Å². The summed E-state index contributed by atoms with van der Waals surface area (Å²) in [6.07, 6.45) is 0. The van der Waals surface area contributed by atoms with Gasteiger partial charge in [-0.3, -0.25) is 0 Å². The quantitative estimate of drug-likeness (QED) is 0.213. The number of aromatic nitrogens is 1. The molecular weight excluding hydrogens is 481 g/mol. The van der Waals surface area contributed by atoms with Gasteiger partial charge in [-0.05, 0) is 52.9 Å². The molecule has 0 aliphatic heterocycles. The molecule has 0 amide bonds. The molecule has 6 aromatic rings. The van der Waals surface area contributed by atoms with E-state index in [9.17, 15) is 0 Å². The van der Waals surface area contributed by atoms with E-state index in [0.717, 1.165) is 42.2 Å². The number of nitrogens with zero attached hydrogens (tertiary/aromatic N) is 1. The summed E-state index contributed by atoms with van der Waals surface area (Å²) in [5, 5.41) is 5.28. The van der Waals surface area contributed by atoms with Crippen molar-refractivity contribution in [2.24, 2.45) is 0 Å². The number of furan rings is 1. The lowest BCUT2D eigenvalue weighted by molar-refractivity contribution is 0.664. The van der Waals surface area contributed by atoms with Crippen LogP contribution in [-0.2, 0) is 0 Å². The van der Waals surface area contributed by atoms with Gasteiger partial charge in [0.2, 0.25) is 0 Å². The number of benzene rings is 4. The fraction of sp³-hybridized carbons (Fsp3) is 0. The molecule has 2 heterocycles. The first-order chi connectivity index (χ1) is 13.7. The minimum Gasteiger partial charge on any atom is -0.453 e. The zero-order valence-corrected chi connectivity index (χ0v) is 17.5. The molecule has 4 aromatic carbocycles. The molecule has 4 heteroatoms. The van der Waals surface area contributed by atoms with Gasteiger partial charge in [-0.15, -0.1) is 0 Å². The summed E-state index contributed by atoms with van der Waals surface area (Å²) >= 11 is 9.10. The van der Waals surface area contributed by atoms with Gasteiger partial charge in [-0.2, -0.15) is 0 Å². The first-order valence-electron chi connectivity index (χ1n) is 9.02. The Kier molecular flexibility index (Phi) is 3.52. The average molecular weight is 494 g/mol. The normalized spacial score (nSPS) is 11.9. The van der Waals surface area contributed by atoms with Gasteiger partial charge in [0.15, 0.2) is 5.58 Å². The van der Waals surface area contributed by atoms with Crippen molar-refractivity contribution < 1.29 is 4.42 Å². The molecule has 28 heavy (non-hydrogen) atoms. The van der Waals surface area contributed by atoms with Crippen LogP contribution in [0.25, 0.3) is 49.4 Å². The van der Waals surface area contributed by atoms with Crippen LogP contribution in [0.2, 0.25) is 5.02 Å². The van der Waals surface area contributed by atoms with Crippen LogP contribution in [0, 0.1) is 3.57 Å². The van der Waals surface area contributed by atoms with E-state index in [2.05, 4.69) is 100.0 Å². The van der Waals surface area contributed by atoms with Crippen LogP contribution in [0.1, 0.15) is 0 Å². The fourth-order valence-corrected chi connectivity index (χ4v) is 5.00. The molecule has 0 spiro atoms. The smallest absolute Gasteiger partial charge is 0.161 e. The molecule has 2 aromatic heterocycles. The maximum Gasteiger partial charge on any atom is 0.161 e. The second kappa shape index (κ2) is 6.00. The van der Waals surface area contributed by atoms with E-state index < -0.39 is 0 Å². The zero-order chi connectivity index (χ0) is 18.8. The molecule has 0 atom stereocenters. The molecule has 0 unspecified atom stereocenters. The fourth-order valence-electron chi connectivity index (χ4n) is 4.16. The second-order valence-corrected chi connectivity index (χ2v) is 8.43. The third-order valence-electron chi connectivity index (χ3n) is 5.35. The first-order valence-corrected chi connectivity index (χ1v) is 10.5. The predicted octanol–water partition coefficient (Wildman–Crippen LogP) is 7.94. The molecule has 0 saturated heterocycles. The molecule has 6 rings (SSSR count). The van der Waals surface area contributed by atoms with Gasteiger partial charge < -0.3 is 8.98 Å². The van der Waals surface area contributed by atoms with Crippen molar-refractivity contribution in [3.8, 4) is 5.69 Å². The van der Waals surface area contributed by atoms with Crippen molar-refractivity contribution in [2.75, 3.05) is 0 Å². The highest BCUT2D eigenvalue weighted by Gasteiger charge is 2.20. The average Bonchev–Trinajstić information content (AvgIpc) is 3.26. The highest BCUT2D eigenvalue weighted by Crippen LogP contribution is 2.41. The predicted molar refractivity (Wildman–Crippen MR) is 126 cm³/mol. The topological polar surface area (TPSA) is 18.1 Å². The van der Waals surface area contributed by atoms with E-state index in [1.54, 1.807) is 0 Å². The summed E-state index contributed by atoms with van der Waals surface area (Å²) in [6, 6.07) is 27.1. The molecule has 2 nitrogen and oxygen atoms in total. The van der Waals surface area contributed by atoms with Gasteiger partial charge >= 0.3 is 0 Å². The van der Waals surface area contributed by atoms with Gasteiger partial charge in [0.25, 0.3) is 0 Å². The number of fused-ring (bicyclic) bond motifs is 6. The second-order valence-electron chi connectivity index (χ2n) is 6.86. The Bertz CT molecular complexity index is 1490. The summed E-state index contributed by atoms with van der Waals surface area (Å²) in [7, 11) is 0. The first kappa shape index (κ1) is 16.5. The van der Waals surface area contributed by atoms with E-state index in [1.807, 2.05) is 6.07 Å². The highest BCUT2D eigenvalue weighted by molar-refractivity contribution is 14.1. The van der Waals surface area contributed by atoms with Crippen LogP contribution in [0.4, 0.5) is 0 Å². The molecular formula is C24H13ClINO. The molecule has 0 N–H and O–H groups in total. The SMILES string of the molecule is Clc1ccc2c(oc3c(I)cccc32)c1-n1c2ccccc2c2ccccc21. The van der Waals surface area contributed by atoms with Crippen LogP contribution in [-0.4, -0.2) is 4.57 Å². The van der Waals surface area contributed by atoms with Crippen molar-refractivity contribution in [3.05, 3.63) is 87.5 Å². The number of para-hydroxylation sites is 3. The van der Waals surface area contributed by atoms with Gasteiger partial charge in [0.1, 0.15) is 11.3 Å². The van der Waals surface area contributed by atoms with Crippen LogP contribution >= 0.6 is 34.2 Å². The Balaban J connectivity index is 1.87. The van der Waals surface area contributed by atoms with Crippen LogP contribution in [0.5, 0.6) is 0 Å². The van der Waals surface area contributed by atoms with Crippen LogP contribution in [0.15, 0.2) is 83.3 Å². The number of hydrogen-bond donors (Lipinski definition) is 0. The minimum absolute atomic E-state index is 0.674. The lowest BCUT2D eigenvalue weighted by atomic mass is 10.1. The monoisotopic (exact) mass is 493 g/mol. The Morgan fingerprint density at radius 2 is 1.25 bits per heavy atom. The minimum atomic E-state index is 0.674. The summed E-state index contributed by atoms with van der Waals surface area (Å²) < 4.78 is 9.72. The standard InChI is InChI=1S/C24H13ClINO/c25-18-13-12-17-16-8-5-9-19(26)23(16)28-24(17)22(18)27-20-10-3-1-6-14(20)15-7-2-4-11-21(15)27/h1-13H. The maximum absolute atomic E-state index is 6.78. The maximum atomic E-state index is 6.78. The Morgan fingerprint density at radius 3 is 1.96 bits per heavy atom. The summed E-state index contributed by atoms with van der Waals surface area (Å²) in [6.45, 7) is 0. The van der Waals surface area contributed by atoms with E-state index >= 15 is 0 Å². The lowest BCUT2D eigenvalue weighted by Gasteiger charge is -2.10. The van der Waals surface area contributed by atoms with Crippen LogP contribution < -0.4 is 0 Å². The van der Waals surface area contributed by atoms with E-state index in [-0.39, 0.29) is 0 Å². The van der Waals surface area contributed by atoms with Gasteiger partial charge in [-0.1, -0.05) is 60.1 Å². The molecule has 134 valence electrons. The number of hydrogen-bond acceptors (Lipinski definition) is 1. The lowest BCUT2D eigenvalue weighted by Crippen LogP contribution is -1.95. The Hall–Kier alpha value is -2.50. The van der Waals surface area contributed by atoms with Crippen molar-refractivity contribution in [2.45, 2.75) is 0 Å². The molecule has 0 aliphatic carbocycles. The van der Waals surface area contributed by atoms with Gasteiger partial charge in [0, 0.05) is 21.5 Å². The van der Waals surface area contributed by atoms with Crippen molar-refractivity contribution >= 4 is 77.9 Å². The van der Waals surface area contributed by atoms with Crippen molar-refractivity contribution in [1.82, 2.24) is 4.57 Å². The molecule has 0 radical (unpaired) electrons. The number of halogens is 2. The molecule has 0 bridgehead atoms. The molecule has 0 saturated carbocycles. The third kappa shape index (κ3) is 2.14. The van der Waals surface area contributed by atoms with E-state index in [4.69, 9.17) is 16.0 Å². The number of rotatable bonds is 1. The van der Waals surface area contributed by atoms with E-state index in [0.29, 0.717) is 5.02 Å². The van der Waals surface area contributed by atoms with Crippen molar-refractivity contribution in [1.29, 1.82) is 0 Å². The van der Waals surface area contributed by atoms with Gasteiger partial charge in [-0.25, -0.2) is 0 Å². The largest absolute Gasteiger partial charge is 0.453 e. The Labute approximate surface area is 179 Å². The summed E-state index contributed by atoms with van der Waals surface area (Å²) in [4.78, 5) is 0. The summed E-state index contributed by atoms with van der Waals surface area (Å²) in [5.41, 5.74) is 4.85. The highest BCUT2D eigenvalue weighted by atomic mass is 127. The molecule has 0 fully saturated rings. The Morgan fingerprint density at radius 1 is 0.643 bits per heavy atom. The van der Waals surface area contributed by atoms with E-state index in [1.165, 1.54) is 10.8 Å². The zero-order valence-electron chi connectivity index (χ0n) is 14.6. The van der Waals surface area contributed by atoms with Crippen LogP contribution in [0.3, 0.4) is 0 Å².